The summed E-state index contributed by atoms with van der Waals surface area (Å²) in [4.78, 5) is 12.2. The van der Waals surface area contributed by atoms with Crippen molar-refractivity contribution in [1.29, 1.82) is 0 Å². The maximum atomic E-state index is 12.2. The Morgan fingerprint density at radius 1 is 1.33 bits per heavy atom. The van der Waals surface area contributed by atoms with Crippen molar-refractivity contribution in [2.24, 2.45) is 5.10 Å². The molecule has 1 unspecified atom stereocenters. The predicted molar refractivity (Wildman–Crippen MR) is 80.2 cm³/mol. The lowest BCUT2D eigenvalue weighted by molar-refractivity contribution is 0.392. The van der Waals surface area contributed by atoms with Gasteiger partial charge >= 0.3 is 0 Å². The molecule has 0 radical (unpaired) electrons. The lowest BCUT2D eigenvalue weighted by atomic mass is 9.88. The van der Waals surface area contributed by atoms with Gasteiger partial charge in [-0.25, -0.2) is 0 Å². The normalized spacial score (nSPS) is 20.3. The van der Waals surface area contributed by atoms with E-state index < -0.39 is 5.41 Å². The van der Waals surface area contributed by atoms with Gasteiger partial charge in [0.25, 0.3) is 5.56 Å². The Hall–Kier alpha value is -2.63. The van der Waals surface area contributed by atoms with Crippen LogP contribution in [0.15, 0.2) is 46.3 Å². The molecule has 1 aromatic carbocycles. The SMILES string of the molecule is COc1cc(=O)n(-c2ccccc2)nc1C1(C)C=NNC1. The second-order valence-corrected chi connectivity index (χ2v) is 5.16. The number of para-hydroxylation sites is 1. The number of nitrogens with one attached hydrogen (secondary N) is 1. The molecule has 6 nitrogen and oxygen atoms in total. The zero-order valence-corrected chi connectivity index (χ0v) is 11.9. The summed E-state index contributed by atoms with van der Waals surface area (Å²) in [5.74, 6) is 0.477. The molecule has 0 saturated carbocycles. The van der Waals surface area contributed by atoms with Crippen LogP contribution in [0.2, 0.25) is 0 Å². The van der Waals surface area contributed by atoms with E-state index in [0.717, 1.165) is 5.69 Å². The number of rotatable bonds is 3. The van der Waals surface area contributed by atoms with E-state index in [0.29, 0.717) is 18.0 Å². The van der Waals surface area contributed by atoms with Gasteiger partial charge in [0, 0.05) is 18.8 Å². The second-order valence-electron chi connectivity index (χ2n) is 5.16. The molecule has 2 aromatic rings. The van der Waals surface area contributed by atoms with E-state index in [2.05, 4.69) is 15.6 Å². The highest BCUT2D eigenvalue weighted by Gasteiger charge is 2.34. The summed E-state index contributed by atoms with van der Waals surface area (Å²) in [7, 11) is 1.54. The number of methoxy groups -OCH3 is 1. The molecule has 1 aromatic heterocycles. The molecule has 108 valence electrons. The number of hydrazone groups is 1. The Bertz CT molecular complexity index is 739. The van der Waals surface area contributed by atoms with E-state index in [4.69, 9.17) is 4.74 Å². The molecule has 3 rings (SSSR count). The summed E-state index contributed by atoms with van der Waals surface area (Å²) in [6, 6.07) is 10.8. The van der Waals surface area contributed by atoms with Gasteiger partial charge in [0.2, 0.25) is 0 Å². The van der Waals surface area contributed by atoms with Crippen LogP contribution in [0.25, 0.3) is 5.69 Å². The van der Waals surface area contributed by atoms with Gasteiger partial charge in [-0.05, 0) is 19.1 Å². The molecule has 0 fully saturated rings. The fourth-order valence-corrected chi connectivity index (χ4v) is 2.33. The van der Waals surface area contributed by atoms with E-state index in [1.165, 1.54) is 17.9 Å². The minimum absolute atomic E-state index is 0.228. The number of benzene rings is 1. The maximum absolute atomic E-state index is 12.2. The van der Waals surface area contributed by atoms with Crippen LogP contribution in [0.1, 0.15) is 12.6 Å². The van der Waals surface area contributed by atoms with Crippen LogP contribution < -0.4 is 15.7 Å². The standard InChI is InChI=1S/C15H16N4O2/c1-15(9-16-17-10-15)14-12(21-2)8-13(20)19(18-14)11-6-4-3-5-7-11/h3-9,17H,10H2,1-2H3. The Balaban J connectivity index is 2.20. The first kappa shape index (κ1) is 13.4. The average Bonchev–Trinajstić information content (AvgIpc) is 2.95. The molecule has 0 bridgehead atoms. The first-order chi connectivity index (χ1) is 10.1. The van der Waals surface area contributed by atoms with Crippen molar-refractivity contribution in [3.8, 4) is 11.4 Å². The maximum Gasteiger partial charge on any atom is 0.275 e. The summed E-state index contributed by atoms with van der Waals surface area (Å²) in [6.07, 6.45) is 1.79. The van der Waals surface area contributed by atoms with E-state index in [1.54, 1.807) is 6.21 Å². The Labute approximate surface area is 122 Å². The third-order valence-electron chi connectivity index (χ3n) is 3.55. The van der Waals surface area contributed by atoms with Gasteiger partial charge in [-0.1, -0.05) is 18.2 Å². The van der Waals surface area contributed by atoms with Crippen LogP contribution in [-0.2, 0) is 5.41 Å². The van der Waals surface area contributed by atoms with Crippen LogP contribution in [0, 0.1) is 0 Å². The minimum atomic E-state index is -0.407. The zero-order chi connectivity index (χ0) is 14.9. The fourth-order valence-electron chi connectivity index (χ4n) is 2.33. The van der Waals surface area contributed by atoms with Crippen molar-refractivity contribution in [1.82, 2.24) is 15.2 Å². The van der Waals surface area contributed by atoms with E-state index in [9.17, 15) is 4.79 Å². The van der Waals surface area contributed by atoms with Crippen LogP contribution in [-0.4, -0.2) is 29.6 Å². The van der Waals surface area contributed by atoms with Gasteiger partial charge in [0.1, 0.15) is 11.4 Å². The highest BCUT2D eigenvalue weighted by molar-refractivity contribution is 5.75. The number of aromatic nitrogens is 2. The largest absolute Gasteiger partial charge is 0.495 e. The quantitative estimate of drug-likeness (QED) is 0.916. The van der Waals surface area contributed by atoms with Gasteiger partial charge < -0.3 is 10.2 Å². The number of hydrogen-bond acceptors (Lipinski definition) is 5. The molecule has 0 amide bonds. The topological polar surface area (TPSA) is 68.5 Å². The smallest absolute Gasteiger partial charge is 0.275 e. The molecule has 2 heterocycles. The Kier molecular flexibility index (Phi) is 3.21. The monoisotopic (exact) mass is 284 g/mol. The van der Waals surface area contributed by atoms with Crippen LogP contribution in [0.5, 0.6) is 5.75 Å². The predicted octanol–water partition coefficient (Wildman–Crippen LogP) is 1.09. The third-order valence-corrected chi connectivity index (χ3v) is 3.55. The first-order valence-corrected chi connectivity index (χ1v) is 6.65. The van der Waals surface area contributed by atoms with Crippen LogP contribution >= 0.6 is 0 Å². The molecule has 1 aliphatic heterocycles. The Morgan fingerprint density at radius 3 is 2.71 bits per heavy atom. The molecule has 1 aliphatic rings. The van der Waals surface area contributed by atoms with E-state index in [1.807, 2.05) is 37.3 Å². The van der Waals surface area contributed by atoms with E-state index in [-0.39, 0.29) is 5.56 Å². The lowest BCUT2D eigenvalue weighted by Crippen LogP contribution is -2.34. The highest BCUT2D eigenvalue weighted by Crippen LogP contribution is 2.29. The van der Waals surface area contributed by atoms with Crippen molar-refractivity contribution < 1.29 is 4.74 Å². The van der Waals surface area contributed by atoms with Gasteiger partial charge in [-0.2, -0.15) is 14.9 Å². The summed E-state index contributed by atoms with van der Waals surface area (Å²) in [6.45, 7) is 2.62. The summed E-state index contributed by atoms with van der Waals surface area (Å²) in [5, 5.41) is 8.57. The summed E-state index contributed by atoms with van der Waals surface area (Å²) < 4.78 is 6.71. The fraction of sp³-hybridized carbons (Fsp3) is 0.267. The molecule has 0 aliphatic carbocycles. The first-order valence-electron chi connectivity index (χ1n) is 6.65. The molecule has 0 saturated heterocycles. The highest BCUT2D eigenvalue weighted by atomic mass is 16.5. The van der Waals surface area contributed by atoms with Gasteiger partial charge in [-0.3, -0.25) is 4.79 Å². The van der Waals surface area contributed by atoms with Crippen molar-refractivity contribution in [2.45, 2.75) is 12.3 Å². The molecule has 21 heavy (non-hydrogen) atoms. The number of ether oxygens (including phenoxy) is 1. The van der Waals surface area contributed by atoms with Gasteiger partial charge in [0.05, 0.1) is 18.2 Å². The molecule has 1 N–H and O–H groups in total. The zero-order valence-electron chi connectivity index (χ0n) is 11.9. The van der Waals surface area contributed by atoms with Crippen molar-refractivity contribution in [3.63, 3.8) is 0 Å². The Morgan fingerprint density at radius 2 is 2.10 bits per heavy atom. The molecular weight excluding hydrogens is 268 g/mol. The number of nitrogens with zero attached hydrogens (tertiary/aromatic N) is 3. The van der Waals surface area contributed by atoms with Gasteiger partial charge in [-0.15, -0.1) is 0 Å². The summed E-state index contributed by atoms with van der Waals surface area (Å²) in [5.41, 5.74) is 3.69. The van der Waals surface area contributed by atoms with Crippen LogP contribution in [0.3, 0.4) is 0 Å². The van der Waals surface area contributed by atoms with Crippen LogP contribution in [0.4, 0.5) is 0 Å². The van der Waals surface area contributed by atoms with Crippen molar-refractivity contribution in [3.05, 3.63) is 52.4 Å². The van der Waals surface area contributed by atoms with Crippen molar-refractivity contribution in [2.75, 3.05) is 13.7 Å². The molecule has 6 heteroatoms. The number of hydrogen-bond donors (Lipinski definition) is 1. The third kappa shape index (κ3) is 2.29. The second kappa shape index (κ2) is 5.05. The lowest BCUT2D eigenvalue weighted by Gasteiger charge is -2.22. The summed E-state index contributed by atoms with van der Waals surface area (Å²) >= 11 is 0. The van der Waals surface area contributed by atoms with Gasteiger partial charge in [0.15, 0.2) is 0 Å². The molecule has 1 atom stereocenters. The molecule has 0 spiro atoms. The van der Waals surface area contributed by atoms with Crippen molar-refractivity contribution >= 4 is 6.21 Å². The minimum Gasteiger partial charge on any atom is -0.495 e. The average molecular weight is 284 g/mol. The molecular formula is C15H16N4O2. The van der Waals surface area contributed by atoms with E-state index >= 15 is 0 Å².